The van der Waals surface area contributed by atoms with Crippen LogP contribution < -0.4 is 15.5 Å². The predicted molar refractivity (Wildman–Crippen MR) is 127 cm³/mol. The van der Waals surface area contributed by atoms with Crippen molar-refractivity contribution in [3.63, 3.8) is 0 Å². The Balaban J connectivity index is 1.63. The molecule has 3 aromatic rings. The first-order chi connectivity index (χ1) is 16.6. The van der Waals surface area contributed by atoms with Gasteiger partial charge in [0.15, 0.2) is 11.8 Å². The number of aromatic hydroxyl groups is 1. The van der Waals surface area contributed by atoms with Crippen LogP contribution in [0.3, 0.4) is 0 Å². The fraction of sp³-hybridized carbons (Fsp3) is 0.391. The summed E-state index contributed by atoms with van der Waals surface area (Å²) in [5.41, 5.74) is 1.78. The molecule has 0 aliphatic carbocycles. The highest BCUT2D eigenvalue weighted by Gasteiger charge is 2.33. The van der Waals surface area contributed by atoms with Gasteiger partial charge in [-0.25, -0.2) is 8.42 Å². The minimum Gasteiger partial charge on any atom is -0.504 e. The maximum atomic E-state index is 13.0. The summed E-state index contributed by atoms with van der Waals surface area (Å²) in [6, 6.07) is 5.73. The van der Waals surface area contributed by atoms with Gasteiger partial charge < -0.3 is 20.0 Å². The number of aromatic nitrogens is 2. The van der Waals surface area contributed by atoms with Crippen LogP contribution in [-0.2, 0) is 10.0 Å². The SMILES string of the molecule is C=C(C)[C@@H](Nc1c(Nc2cccc(S(=O)(=O)N3CCCC3)c2O)no[n+]1O)c1cc(C(C)C)co1. The number of furan rings is 1. The van der Waals surface area contributed by atoms with E-state index < -0.39 is 21.8 Å². The Morgan fingerprint density at radius 1 is 1.29 bits per heavy atom. The highest BCUT2D eigenvalue weighted by atomic mass is 32.2. The van der Waals surface area contributed by atoms with Crippen molar-refractivity contribution in [3.8, 4) is 5.75 Å². The number of phenols is 1. The third kappa shape index (κ3) is 4.84. The van der Waals surface area contributed by atoms with Crippen molar-refractivity contribution in [3.05, 3.63) is 54.0 Å². The number of benzene rings is 1. The minimum absolute atomic E-state index is 0.0143. The largest absolute Gasteiger partial charge is 0.504 e. The second kappa shape index (κ2) is 9.62. The van der Waals surface area contributed by atoms with Gasteiger partial charge in [0, 0.05) is 13.1 Å². The van der Waals surface area contributed by atoms with Gasteiger partial charge in [-0.3, -0.25) is 5.32 Å². The van der Waals surface area contributed by atoms with E-state index in [4.69, 9.17) is 9.05 Å². The van der Waals surface area contributed by atoms with Gasteiger partial charge in [0.1, 0.15) is 20.7 Å². The Morgan fingerprint density at radius 2 is 2.00 bits per heavy atom. The molecule has 0 unspecified atom stereocenters. The zero-order valence-electron chi connectivity index (χ0n) is 19.9. The van der Waals surface area contributed by atoms with E-state index in [1.54, 1.807) is 13.2 Å². The summed E-state index contributed by atoms with van der Waals surface area (Å²) in [6.07, 6.45) is 3.23. The van der Waals surface area contributed by atoms with Crippen LogP contribution in [0.4, 0.5) is 17.3 Å². The van der Waals surface area contributed by atoms with Crippen LogP contribution in [0, 0.1) is 0 Å². The first-order valence-electron chi connectivity index (χ1n) is 11.3. The molecule has 1 aliphatic heterocycles. The minimum atomic E-state index is -3.85. The van der Waals surface area contributed by atoms with Gasteiger partial charge in [0.25, 0.3) is 0 Å². The molecule has 35 heavy (non-hydrogen) atoms. The highest BCUT2D eigenvalue weighted by Crippen LogP contribution is 2.37. The molecule has 11 nitrogen and oxygen atoms in total. The van der Waals surface area contributed by atoms with Crippen LogP contribution in [0.1, 0.15) is 56.9 Å². The summed E-state index contributed by atoms with van der Waals surface area (Å²) < 4.78 is 37.9. The van der Waals surface area contributed by atoms with E-state index in [-0.39, 0.29) is 28.1 Å². The molecular formula is C23H30N5O6S+. The van der Waals surface area contributed by atoms with E-state index >= 15 is 0 Å². The lowest BCUT2D eigenvalue weighted by atomic mass is 10.0. The van der Waals surface area contributed by atoms with Crippen LogP contribution in [0.2, 0.25) is 0 Å². The van der Waals surface area contributed by atoms with Gasteiger partial charge in [-0.2, -0.15) is 4.31 Å². The fourth-order valence-electron chi connectivity index (χ4n) is 3.88. The van der Waals surface area contributed by atoms with E-state index in [1.165, 1.54) is 22.5 Å². The molecule has 1 saturated heterocycles. The molecule has 0 amide bonds. The van der Waals surface area contributed by atoms with Crippen molar-refractivity contribution in [2.24, 2.45) is 0 Å². The number of hydrogen-bond acceptors (Lipinski definition) is 9. The molecule has 4 N–H and O–H groups in total. The summed E-state index contributed by atoms with van der Waals surface area (Å²) in [5.74, 6) is 0.422. The lowest BCUT2D eigenvalue weighted by Crippen LogP contribution is -2.32. The highest BCUT2D eigenvalue weighted by molar-refractivity contribution is 7.89. The van der Waals surface area contributed by atoms with Crippen LogP contribution >= 0.6 is 0 Å². The first kappa shape index (κ1) is 24.6. The second-order valence-corrected chi connectivity index (χ2v) is 10.8. The van der Waals surface area contributed by atoms with E-state index in [0.717, 1.165) is 18.4 Å². The molecule has 1 fully saturated rings. The predicted octanol–water partition coefficient (Wildman–Crippen LogP) is 3.88. The number of hydrogen-bond donors (Lipinski definition) is 4. The number of nitrogens with one attached hydrogen (secondary N) is 2. The molecule has 0 spiro atoms. The quantitative estimate of drug-likeness (QED) is 0.194. The van der Waals surface area contributed by atoms with Crippen molar-refractivity contribution in [1.82, 2.24) is 9.46 Å². The Hall–Kier alpha value is -3.51. The Kier molecular flexibility index (Phi) is 6.77. The molecule has 0 saturated carbocycles. The summed E-state index contributed by atoms with van der Waals surface area (Å²) in [4.78, 5) is 0.211. The average molecular weight is 505 g/mol. The standard InChI is InChI=1S/C23H29N5O6S/c1-14(2)16-12-18(33-13-16)20(15(3)4)25-23-22(26-34-28(23)30)24-17-8-7-9-19(21(17)29)35(31,32)27-10-5-6-11-27/h7-9,12-14,20,30H,3,5-6,10-11H2,1-2,4H3,(H2,24,25,26,29)/p+1/t20-/m1/s1. The van der Waals surface area contributed by atoms with E-state index in [2.05, 4.69) is 22.4 Å². The van der Waals surface area contributed by atoms with Crippen LogP contribution in [0.15, 0.2) is 56.6 Å². The van der Waals surface area contributed by atoms with Gasteiger partial charge in [-0.05, 0) is 55.0 Å². The van der Waals surface area contributed by atoms with Crippen molar-refractivity contribution in [1.29, 1.82) is 0 Å². The number of para-hydroxylation sites is 1. The fourth-order valence-corrected chi connectivity index (χ4v) is 5.50. The third-order valence-electron chi connectivity index (χ3n) is 5.93. The Labute approximate surface area is 203 Å². The number of phenolic OH excluding ortho intramolecular Hbond substituents is 1. The number of rotatable bonds is 9. The molecular weight excluding hydrogens is 474 g/mol. The van der Waals surface area contributed by atoms with Gasteiger partial charge in [-0.1, -0.05) is 31.1 Å². The van der Waals surface area contributed by atoms with Crippen molar-refractivity contribution >= 4 is 27.3 Å². The third-order valence-corrected chi connectivity index (χ3v) is 7.86. The van der Waals surface area contributed by atoms with E-state index in [1.807, 2.05) is 19.9 Å². The lowest BCUT2D eigenvalue weighted by Gasteiger charge is -2.17. The topological polar surface area (TPSA) is 145 Å². The molecule has 0 bridgehead atoms. The molecule has 0 radical (unpaired) electrons. The smallest absolute Gasteiger partial charge is 0.367 e. The van der Waals surface area contributed by atoms with E-state index in [0.29, 0.717) is 29.3 Å². The van der Waals surface area contributed by atoms with Crippen LogP contribution in [-0.4, -0.2) is 41.3 Å². The zero-order valence-corrected chi connectivity index (χ0v) is 20.7. The molecule has 12 heteroatoms. The molecule has 1 aromatic carbocycles. The molecule has 188 valence electrons. The second-order valence-electron chi connectivity index (χ2n) is 8.89. The van der Waals surface area contributed by atoms with Crippen molar-refractivity contribution in [2.45, 2.75) is 50.5 Å². The monoisotopic (exact) mass is 504 g/mol. The molecule has 3 heterocycles. The number of anilines is 3. The number of sulfonamides is 1. The number of nitrogens with zero attached hydrogens (tertiary/aromatic N) is 3. The molecule has 2 aromatic heterocycles. The average Bonchev–Trinajstić information content (AvgIpc) is 3.55. The van der Waals surface area contributed by atoms with Gasteiger partial charge in [0.05, 0.1) is 12.0 Å². The first-order valence-corrected chi connectivity index (χ1v) is 12.7. The van der Waals surface area contributed by atoms with Crippen molar-refractivity contribution in [2.75, 3.05) is 23.7 Å². The maximum Gasteiger partial charge on any atom is 0.367 e. The zero-order chi connectivity index (χ0) is 25.3. The van der Waals surface area contributed by atoms with Gasteiger partial charge >= 0.3 is 11.6 Å². The molecule has 1 atom stereocenters. The summed E-state index contributed by atoms with van der Waals surface area (Å²) >= 11 is 0. The molecule has 4 rings (SSSR count). The van der Waals surface area contributed by atoms with E-state index in [9.17, 15) is 18.7 Å². The van der Waals surface area contributed by atoms with Crippen LogP contribution in [0.5, 0.6) is 5.75 Å². The van der Waals surface area contributed by atoms with Gasteiger partial charge in [0.2, 0.25) is 10.0 Å². The van der Waals surface area contributed by atoms with Gasteiger partial charge in [-0.15, -0.1) is 0 Å². The summed E-state index contributed by atoms with van der Waals surface area (Å²) in [6.45, 7) is 10.7. The molecule has 1 aliphatic rings. The lowest BCUT2D eigenvalue weighted by molar-refractivity contribution is -1.03. The van der Waals surface area contributed by atoms with Crippen molar-refractivity contribution < 1.29 is 32.7 Å². The normalized spacial score (nSPS) is 15.4. The maximum absolute atomic E-state index is 13.0. The summed E-state index contributed by atoms with van der Waals surface area (Å²) in [7, 11) is -3.85. The van der Waals surface area contributed by atoms with Crippen LogP contribution in [0.25, 0.3) is 0 Å². The summed E-state index contributed by atoms with van der Waals surface area (Å²) in [5, 5.41) is 30.8. The Bertz CT molecular complexity index is 1320. The Morgan fingerprint density at radius 3 is 2.63 bits per heavy atom.